The van der Waals surface area contributed by atoms with Gasteiger partial charge in [0.25, 0.3) is 11.1 Å². The first-order valence-corrected chi connectivity index (χ1v) is 8.75. The molecule has 1 N–H and O–H groups in total. The highest BCUT2D eigenvalue weighted by Gasteiger charge is 2.34. The Balaban J connectivity index is 1.90. The minimum absolute atomic E-state index is 0.110. The van der Waals surface area contributed by atoms with Gasteiger partial charge in [0.05, 0.1) is 29.2 Å². The summed E-state index contributed by atoms with van der Waals surface area (Å²) >= 11 is 0.744. The van der Waals surface area contributed by atoms with Crippen LogP contribution in [0.1, 0.15) is 16.7 Å². The Morgan fingerprint density at radius 1 is 1.14 bits per heavy atom. The monoisotopic (exact) mass is 420 g/mol. The number of nitriles is 1. The molecule has 0 unspecified atom stereocenters. The van der Waals surface area contributed by atoms with Crippen LogP contribution in [0.5, 0.6) is 17.2 Å². The number of halogens is 3. The average molecular weight is 420 g/mol. The number of thioether (sulfide) groups is 1. The van der Waals surface area contributed by atoms with Crippen molar-refractivity contribution in [3.05, 3.63) is 58.0 Å². The molecule has 6 nitrogen and oxygen atoms in total. The van der Waals surface area contributed by atoms with E-state index in [1.54, 1.807) is 0 Å². The van der Waals surface area contributed by atoms with E-state index in [1.165, 1.54) is 43.5 Å². The van der Waals surface area contributed by atoms with Crippen molar-refractivity contribution in [3.63, 3.8) is 0 Å². The summed E-state index contributed by atoms with van der Waals surface area (Å²) in [6.45, 7) is 0. The number of benzene rings is 2. The third kappa shape index (κ3) is 4.52. The van der Waals surface area contributed by atoms with Crippen molar-refractivity contribution in [2.45, 2.75) is 6.18 Å². The van der Waals surface area contributed by atoms with Crippen molar-refractivity contribution in [2.75, 3.05) is 7.11 Å². The number of nitrogens with one attached hydrogen (secondary N) is 1. The Morgan fingerprint density at radius 3 is 2.41 bits per heavy atom. The summed E-state index contributed by atoms with van der Waals surface area (Å²) < 4.78 is 50.0. The fraction of sp³-hybridized carbons (Fsp3) is 0.105. The zero-order chi connectivity index (χ0) is 21.2. The van der Waals surface area contributed by atoms with Gasteiger partial charge in [0, 0.05) is 11.6 Å². The summed E-state index contributed by atoms with van der Waals surface area (Å²) in [6, 6.07) is 8.96. The highest BCUT2D eigenvalue weighted by atomic mass is 32.2. The molecule has 2 aromatic carbocycles. The zero-order valence-electron chi connectivity index (χ0n) is 14.7. The number of carbonyl (C=O) groups excluding carboxylic acids is 2. The van der Waals surface area contributed by atoms with Gasteiger partial charge in [0.15, 0.2) is 0 Å². The SMILES string of the molecule is COc1cc(Oc2ccc(C#N)c(C(F)(F)F)c2)ccc1/C=C1\SC(=O)NC1=O. The molecule has 0 saturated carbocycles. The van der Waals surface area contributed by atoms with Gasteiger partial charge in [-0.2, -0.15) is 18.4 Å². The molecule has 29 heavy (non-hydrogen) atoms. The molecule has 148 valence electrons. The van der Waals surface area contributed by atoms with Crippen molar-refractivity contribution < 1.29 is 32.2 Å². The number of amides is 2. The van der Waals surface area contributed by atoms with Crippen LogP contribution in [0.3, 0.4) is 0 Å². The first-order chi connectivity index (χ1) is 13.7. The molecule has 2 amide bonds. The van der Waals surface area contributed by atoms with E-state index in [4.69, 9.17) is 14.7 Å². The van der Waals surface area contributed by atoms with Crippen LogP contribution in [0.4, 0.5) is 18.0 Å². The molecule has 1 fully saturated rings. The Labute approximate surface area is 166 Å². The van der Waals surface area contributed by atoms with Gasteiger partial charge in [-0.3, -0.25) is 14.9 Å². The number of methoxy groups -OCH3 is 1. The van der Waals surface area contributed by atoms with Crippen LogP contribution in [0, 0.1) is 11.3 Å². The van der Waals surface area contributed by atoms with E-state index in [0.29, 0.717) is 5.56 Å². The quantitative estimate of drug-likeness (QED) is 0.722. The minimum atomic E-state index is -4.70. The second-order valence-corrected chi connectivity index (χ2v) is 6.69. The molecular formula is C19H11F3N2O4S. The molecule has 1 heterocycles. The first-order valence-electron chi connectivity index (χ1n) is 7.93. The predicted molar refractivity (Wildman–Crippen MR) is 98.3 cm³/mol. The molecule has 1 saturated heterocycles. The summed E-state index contributed by atoms with van der Waals surface area (Å²) in [5, 5.41) is 10.5. The number of alkyl halides is 3. The van der Waals surface area contributed by atoms with Crippen LogP contribution < -0.4 is 14.8 Å². The lowest BCUT2D eigenvalue weighted by atomic mass is 10.1. The summed E-state index contributed by atoms with van der Waals surface area (Å²) in [6.07, 6.45) is -3.24. The van der Waals surface area contributed by atoms with Gasteiger partial charge in [-0.15, -0.1) is 0 Å². The lowest BCUT2D eigenvalue weighted by Gasteiger charge is -2.13. The van der Waals surface area contributed by atoms with Crippen LogP contribution >= 0.6 is 11.8 Å². The molecule has 0 aromatic heterocycles. The summed E-state index contributed by atoms with van der Waals surface area (Å²) in [5.41, 5.74) is -1.13. The van der Waals surface area contributed by atoms with E-state index in [1.807, 2.05) is 0 Å². The molecule has 1 aliphatic heterocycles. The van der Waals surface area contributed by atoms with Crippen molar-refractivity contribution in [1.82, 2.24) is 5.32 Å². The molecule has 10 heteroatoms. The normalized spacial score (nSPS) is 15.2. The second kappa shape index (κ2) is 7.89. The number of imide groups is 1. The zero-order valence-corrected chi connectivity index (χ0v) is 15.5. The summed E-state index contributed by atoms with van der Waals surface area (Å²) in [7, 11) is 1.37. The predicted octanol–water partition coefficient (Wildman–Crippen LogP) is 4.70. The van der Waals surface area contributed by atoms with E-state index in [9.17, 15) is 22.8 Å². The van der Waals surface area contributed by atoms with E-state index in [2.05, 4.69) is 5.32 Å². The third-order valence-corrected chi connectivity index (χ3v) is 4.60. The highest BCUT2D eigenvalue weighted by molar-refractivity contribution is 8.18. The number of hydrogen-bond donors (Lipinski definition) is 1. The maximum atomic E-state index is 13.1. The lowest BCUT2D eigenvalue weighted by molar-refractivity contribution is -0.137. The number of rotatable bonds is 4. The molecule has 0 aliphatic carbocycles. The van der Waals surface area contributed by atoms with Gasteiger partial charge in [0.2, 0.25) is 0 Å². The minimum Gasteiger partial charge on any atom is -0.496 e. The second-order valence-electron chi connectivity index (χ2n) is 5.68. The Hall–Kier alpha value is -3.45. The van der Waals surface area contributed by atoms with E-state index in [-0.39, 0.29) is 22.2 Å². The largest absolute Gasteiger partial charge is 0.496 e. The molecule has 1 aliphatic rings. The lowest BCUT2D eigenvalue weighted by Crippen LogP contribution is -2.17. The van der Waals surface area contributed by atoms with Crippen LogP contribution in [0.25, 0.3) is 6.08 Å². The van der Waals surface area contributed by atoms with Gasteiger partial charge >= 0.3 is 6.18 Å². The molecule has 2 aromatic rings. The molecular weight excluding hydrogens is 409 g/mol. The Kier molecular flexibility index (Phi) is 5.52. The molecule has 0 radical (unpaired) electrons. The van der Waals surface area contributed by atoms with Crippen molar-refractivity contribution >= 4 is 29.0 Å². The van der Waals surface area contributed by atoms with Crippen molar-refractivity contribution in [3.8, 4) is 23.3 Å². The van der Waals surface area contributed by atoms with Crippen molar-refractivity contribution in [2.24, 2.45) is 0 Å². The smallest absolute Gasteiger partial charge is 0.417 e. The number of nitrogens with zero attached hydrogens (tertiary/aromatic N) is 1. The summed E-state index contributed by atoms with van der Waals surface area (Å²) in [5.74, 6) is -0.172. The van der Waals surface area contributed by atoms with E-state index < -0.39 is 28.4 Å². The number of hydrogen-bond acceptors (Lipinski definition) is 6. The van der Waals surface area contributed by atoms with Gasteiger partial charge in [0.1, 0.15) is 17.2 Å². The molecule has 0 bridgehead atoms. The third-order valence-electron chi connectivity index (χ3n) is 3.79. The summed E-state index contributed by atoms with van der Waals surface area (Å²) in [4.78, 5) is 23.1. The molecule has 0 spiro atoms. The van der Waals surface area contributed by atoms with Crippen molar-refractivity contribution in [1.29, 1.82) is 5.26 Å². The molecule has 3 rings (SSSR count). The fourth-order valence-electron chi connectivity index (χ4n) is 2.49. The molecule has 0 atom stereocenters. The maximum absolute atomic E-state index is 13.1. The van der Waals surface area contributed by atoms with Gasteiger partial charge < -0.3 is 9.47 Å². The van der Waals surface area contributed by atoms with Gasteiger partial charge in [-0.05, 0) is 48.2 Å². The fourth-order valence-corrected chi connectivity index (χ4v) is 3.16. The van der Waals surface area contributed by atoms with Gasteiger partial charge in [-0.1, -0.05) is 0 Å². The average Bonchev–Trinajstić information content (AvgIpc) is 2.99. The number of carbonyl (C=O) groups is 2. The van der Waals surface area contributed by atoms with Crippen LogP contribution in [0.2, 0.25) is 0 Å². The topological polar surface area (TPSA) is 88.4 Å². The standard InChI is InChI=1S/C19H11F3N2O4S/c1-27-15-8-13(4-2-10(15)6-16-17(25)24-18(26)29-16)28-12-5-3-11(9-23)14(7-12)19(20,21)22/h2-8H,1H3,(H,24,25,26)/b16-6-. The van der Waals surface area contributed by atoms with Crippen LogP contribution in [-0.4, -0.2) is 18.3 Å². The highest BCUT2D eigenvalue weighted by Crippen LogP contribution is 2.37. The van der Waals surface area contributed by atoms with E-state index >= 15 is 0 Å². The number of ether oxygens (including phenoxy) is 2. The Bertz CT molecular complexity index is 1070. The van der Waals surface area contributed by atoms with Gasteiger partial charge in [-0.25, -0.2) is 0 Å². The Morgan fingerprint density at radius 2 is 1.83 bits per heavy atom. The van der Waals surface area contributed by atoms with Crippen LogP contribution in [0.15, 0.2) is 41.3 Å². The van der Waals surface area contributed by atoms with Crippen LogP contribution in [-0.2, 0) is 11.0 Å². The first kappa shape index (κ1) is 20.3. The van der Waals surface area contributed by atoms with E-state index in [0.717, 1.165) is 23.9 Å². The maximum Gasteiger partial charge on any atom is 0.417 e.